The van der Waals surface area contributed by atoms with E-state index in [1.54, 1.807) is 0 Å². The third kappa shape index (κ3) is 24.9. The summed E-state index contributed by atoms with van der Waals surface area (Å²) >= 11 is 4.16. The van der Waals surface area contributed by atoms with Crippen molar-refractivity contribution in [2.75, 3.05) is 36.1 Å². The van der Waals surface area contributed by atoms with Gasteiger partial charge in [-0.15, -0.1) is 0 Å². The fraction of sp³-hybridized carbons (Fsp3) is 0.857. The zero-order chi connectivity index (χ0) is 16.3. The van der Waals surface area contributed by atoms with Gasteiger partial charge in [-0.05, 0) is 24.3 Å². The molecule has 0 aliphatic heterocycles. The van der Waals surface area contributed by atoms with Gasteiger partial charge in [0.15, 0.2) is 0 Å². The maximum Gasteiger partial charge on any atom is 0.414 e. The molecule has 0 radical (unpaired) electrons. The van der Waals surface area contributed by atoms with Crippen molar-refractivity contribution >= 4 is 35.5 Å². The van der Waals surface area contributed by atoms with E-state index in [1.807, 2.05) is 0 Å². The van der Waals surface area contributed by atoms with Gasteiger partial charge in [-0.2, -0.15) is 23.5 Å². The van der Waals surface area contributed by atoms with Crippen LogP contribution in [0.5, 0.6) is 0 Å². The summed E-state index contributed by atoms with van der Waals surface area (Å²) in [5.74, 6) is 1.58. The molecule has 3 N–H and O–H groups in total. The first kappa shape index (κ1) is 22.9. The molecule has 0 aromatic carbocycles. The van der Waals surface area contributed by atoms with Crippen LogP contribution in [0.3, 0.4) is 0 Å². The smallest absolute Gasteiger partial charge is 0.414 e. The predicted molar refractivity (Wildman–Crippen MR) is 92.6 cm³/mol. The molecule has 0 unspecified atom stereocenters. The Balaban J connectivity index is 0. The number of rotatable bonds is 12. The largest absolute Gasteiger partial charge is 0.473 e. The Labute approximate surface area is 136 Å². The maximum absolute atomic E-state index is 9.10. The fourth-order valence-electron chi connectivity index (χ4n) is 1.11. The van der Waals surface area contributed by atoms with Crippen molar-refractivity contribution in [3.63, 3.8) is 0 Å². The van der Waals surface area contributed by atoms with E-state index in [9.17, 15) is 0 Å². The van der Waals surface area contributed by atoms with Crippen LogP contribution in [0.4, 0.5) is 0 Å². The van der Waals surface area contributed by atoms with Crippen molar-refractivity contribution < 1.29 is 19.8 Å². The van der Waals surface area contributed by atoms with Gasteiger partial charge in [0.2, 0.25) is 0 Å². The summed E-state index contributed by atoms with van der Waals surface area (Å²) in [7, 11) is 0. The number of aliphatic carboxylic acids is 2. The standard InChI is InChI=1S/C12H27NS2.C2H2O4/c1-3-5-9-14-11-7-13-8-12-15-10-6-4-2;3-1(4)2(5)6/h13H,3-12H2,1-2H3;(H,3,4)(H,5,6). The molecule has 0 aromatic rings. The van der Waals surface area contributed by atoms with Crippen molar-refractivity contribution in [3.8, 4) is 0 Å². The molecule has 0 aliphatic rings. The molecule has 0 amide bonds. The average molecular weight is 340 g/mol. The number of hydrogen-bond donors (Lipinski definition) is 3. The van der Waals surface area contributed by atoms with Crippen LogP contribution in [0.15, 0.2) is 0 Å². The number of thioether (sulfide) groups is 2. The van der Waals surface area contributed by atoms with Gasteiger partial charge in [0, 0.05) is 24.6 Å². The first-order valence-electron chi connectivity index (χ1n) is 7.38. The zero-order valence-electron chi connectivity index (χ0n) is 13.1. The molecule has 0 bridgehead atoms. The molecule has 7 heteroatoms. The molecule has 5 nitrogen and oxygen atoms in total. The van der Waals surface area contributed by atoms with Crippen molar-refractivity contribution in [2.24, 2.45) is 0 Å². The van der Waals surface area contributed by atoms with E-state index in [1.165, 1.54) is 61.8 Å². The van der Waals surface area contributed by atoms with Crippen LogP contribution in [0.1, 0.15) is 39.5 Å². The highest BCUT2D eigenvalue weighted by molar-refractivity contribution is 7.99. The highest BCUT2D eigenvalue weighted by Gasteiger charge is 2.04. The summed E-state index contributed by atoms with van der Waals surface area (Å²) in [6, 6.07) is 0. The van der Waals surface area contributed by atoms with Crippen molar-refractivity contribution in [2.45, 2.75) is 39.5 Å². The maximum atomic E-state index is 9.10. The van der Waals surface area contributed by atoms with Crippen molar-refractivity contribution in [1.82, 2.24) is 5.32 Å². The summed E-state index contributed by atoms with van der Waals surface area (Å²) in [5, 5.41) is 18.3. The van der Waals surface area contributed by atoms with Crippen LogP contribution >= 0.6 is 23.5 Å². The normalized spacial score (nSPS) is 9.81. The first-order chi connectivity index (χ1) is 10.1. The number of carboxylic acid groups (broad SMARTS) is 2. The molecule has 0 saturated heterocycles. The third-order valence-corrected chi connectivity index (χ3v) is 4.45. The number of carboxylic acids is 2. The van der Waals surface area contributed by atoms with E-state index in [4.69, 9.17) is 19.8 Å². The molecule has 0 spiro atoms. The fourth-order valence-corrected chi connectivity index (χ4v) is 3.08. The molecular formula is C14H29NO4S2. The van der Waals surface area contributed by atoms with Crippen LogP contribution in [0.2, 0.25) is 0 Å². The quantitative estimate of drug-likeness (QED) is 0.372. The predicted octanol–water partition coefficient (Wildman–Crippen LogP) is 2.80. The van der Waals surface area contributed by atoms with Gasteiger partial charge >= 0.3 is 11.9 Å². The SMILES string of the molecule is CCCCSCCNCCSCCCC.O=C(O)C(=O)O. The average Bonchev–Trinajstić information content (AvgIpc) is 2.45. The molecule has 21 heavy (non-hydrogen) atoms. The van der Waals surface area contributed by atoms with Crippen LogP contribution < -0.4 is 5.32 Å². The van der Waals surface area contributed by atoms with Crippen LogP contribution in [0.25, 0.3) is 0 Å². The van der Waals surface area contributed by atoms with E-state index in [0.29, 0.717) is 0 Å². The molecule has 0 atom stereocenters. The topological polar surface area (TPSA) is 86.6 Å². The van der Waals surface area contributed by atoms with Crippen molar-refractivity contribution in [3.05, 3.63) is 0 Å². The highest BCUT2D eigenvalue weighted by atomic mass is 32.2. The van der Waals surface area contributed by atoms with Gasteiger partial charge in [0.1, 0.15) is 0 Å². The summed E-state index contributed by atoms with van der Waals surface area (Å²) in [6.07, 6.45) is 5.40. The zero-order valence-corrected chi connectivity index (χ0v) is 14.7. The molecule has 0 fully saturated rings. The molecular weight excluding hydrogens is 310 g/mol. The summed E-state index contributed by atoms with van der Waals surface area (Å²) in [5.41, 5.74) is 0. The van der Waals surface area contributed by atoms with E-state index < -0.39 is 11.9 Å². The number of nitrogens with one attached hydrogen (secondary N) is 1. The molecule has 0 rings (SSSR count). The van der Waals surface area contributed by atoms with Gasteiger partial charge in [-0.3, -0.25) is 0 Å². The van der Waals surface area contributed by atoms with Gasteiger partial charge in [-0.1, -0.05) is 26.7 Å². The molecule has 0 saturated carbocycles. The van der Waals surface area contributed by atoms with E-state index in [-0.39, 0.29) is 0 Å². The van der Waals surface area contributed by atoms with E-state index >= 15 is 0 Å². The molecule has 0 heterocycles. The second kappa shape index (κ2) is 19.6. The Hall–Kier alpha value is -0.400. The lowest BCUT2D eigenvalue weighted by Crippen LogP contribution is -2.20. The van der Waals surface area contributed by atoms with Crippen molar-refractivity contribution in [1.29, 1.82) is 0 Å². The van der Waals surface area contributed by atoms with Crippen LogP contribution in [-0.4, -0.2) is 58.3 Å². The lowest BCUT2D eigenvalue weighted by molar-refractivity contribution is -0.159. The molecule has 126 valence electrons. The second-order valence-corrected chi connectivity index (χ2v) is 6.74. The number of carbonyl (C=O) groups is 2. The minimum absolute atomic E-state index is 1.18. The second-order valence-electron chi connectivity index (χ2n) is 4.29. The summed E-state index contributed by atoms with van der Waals surface area (Å²) in [4.78, 5) is 18.2. The lowest BCUT2D eigenvalue weighted by Gasteiger charge is -2.04. The number of unbranched alkanes of at least 4 members (excludes halogenated alkanes) is 2. The van der Waals surface area contributed by atoms with Gasteiger partial charge < -0.3 is 15.5 Å². The van der Waals surface area contributed by atoms with E-state index in [0.717, 1.165) is 0 Å². The lowest BCUT2D eigenvalue weighted by atomic mass is 10.4. The van der Waals surface area contributed by atoms with Gasteiger partial charge in [0.05, 0.1) is 0 Å². The molecule has 0 aromatic heterocycles. The van der Waals surface area contributed by atoms with Crippen LogP contribution in [-0.2, 0) is 9.59 Å². The first-order valence-corrected chi connectivity index (χ1v) is 9.69. The Morgan fingerprint density at radius 1 is 0.810 bits per heavy atom. The minimum Gasteiger partial charge on any atom is -0.473 e. The van der Waals surface area contributed by atoms with Crippen LogP contribution in [0, 0.1) is 0 Å². The highest BCUT2D eigenvalue weighted by Crippen LogP contribution is 2.04. The Bertz CT molecular complexity index is 229. The van der Waals surface area contributed by atoms with E-state index in [2.05, 4.69) is 42.7 Å². The summed E-state index contributed by atoms with van der Waals surface area (Å²) < 4.78 is 0. The summed E-state index contributed by atoms with van der Waals surface area (Å²) in [6.45, 7) is 6.88. The minimum atomic E-state index is -1.82. The Morgan fingerprint density at radius 3 is 1.48 bits per heavy atom. The Kier molecular flexibility index (Phi) is 21.3. The van der Waals surface area contributed by atoms with Gasteiger partial charge in [-0.25, -0.2) is 9.59 Å². The monoisotopic (exact) mass is 339 g/mol. The third-order valence-electron chi connectivity index (χ3n) is 2.31. The number of hydrogen-bond acceptors (Lipinski definition) is 5. The molecule has 0 aliphatic carbocycles. The van der Waals surface area contributed by atoms with Gasteiger partial charge in [0.25, 0.3) is 0 Å². The Morgan fingerprint density at radius 2 is 1.19 bits per heavy atom.